The summed E-state index contributed by atoms with van der Waals surface area (Å²) in [6, 6.07) is -0.512. The van der Waals surface area contributed by atoms with Crippen LogP contribution in [0.25, 0.3) is 11.2 Å². The molecule has 1 saturated carbocycles. The van der Waals surface area contributed by atoms with Crippen molar-refractivity contribution in [3.8, 4) is 0 Å². The van der Waals surface area contributed by atoms with Gasteiger partial charge in [-0.25, -0.2) is 9.97 Å². The first-order valence-electron chi connectivity index (χ1n) is 6.97. The third kappa shape index (κ3) is 1.98. The molecule has 1 fully saturated rings. The lowest BCUT2D eigenvalue weighted by atomic mass is 9.86. The standard InChI is InChI=1S/C13H19N5O3/c1-2-7-9(20)3-10(13(7,21)5-19)18-6-16-8-4-15-12(14)17-11(8)18/h4,6-7,9-10,19-21H,2-3,5H2,1H3,(H2,14,15,17)/t7-,9+,10+,13+/m1/s1. The molecule has 8 nitrogen and oxygen atoms in total. The van der Waals surface area contributed by atoms with E-state index in [4.69, 9.17) is 5.73 Å². The number of fused-ring (bicyclic) bond motifs is 1. The van der Waals surface area contributed by atoms with Crippen LogP contribution in [-0.4, -0.2) is 53.2 Å². The van der Waals surface area contributed by atoms with Crippen molar-refractivity contribution < 1.29 is 15.3 Å². The zero-order valence-electron chi connectivity index (χ0n) is 11.7. The molecule has 2 heterocycles. The molecule has 5 N–H and O–H groups in total. The predicted octanol–water partition coefficient (Wildman–Crippen LogP) is -0.536. The van der Waals surface area contributed by atoms with Crippen LogP contribution in [0, 0.1) is 5.92 Å². The molecule has 1 aliphatic rings. The topological polar surface area (TPSA) is 130 Å². The Labute approximate surface area is 121 Å². The van der Waals surface area contributed by atoms with Gasteiger partial charge in [0.2, 0.25) is 5.95 Å². The van der Waals surface area contributed by atoms with Crippen molar-refractivity contribution in [3.63, 3.8) is 0 Å². The summed E-state index contributed by atoms with van der Waals surface area (Å²) in [6.45, 7) is 1.44. The van der Waals surface area contributed by atoms with Crippen LogP contribution < -0.4 is 5.73 Å². The Bertz CT molecular complexity index is 660. The molecule has 1 aliphatic carbocycles. The summed E-state index contributed by atoms with van der Waals surface area (Å²) in [7, 11) is 0. The molecule has 8 heteroatoms. The molecule has 0 radical (unpaired) electrons. The molecule has 0 aliphatic heterocycles. The number of rotatable bonds is 3. The molecule has 3 rings (SSSR count). The quantitative estimate of drug-likeness (QED) is 0.598. The van der Waals surface area contributed by atoms with E-state index in [1.807, 2.05) is 6.92 Å². The van der Waals surface area contributed by atoms with Crippen molar-refractivity contribution in [2.75, 3.05) is 12.3 Å². The third-order valence-corrected chi connectivity index (χ3v) is 4.51. The second kappa shape index (κ2) is 4.90. The maximum absolute atomic E-state index is 10.9. The molecule has 4 atom stereocenters. The van der Waals surface area contributed by atoms with E-state index in [9.17, 15) is 15.3 Å². The fraction of sp³-hybridized carbons (Fsp3) is 0.615. The average molecular weight is 293 g/mol. The first-order chi connectivity index (χ1) is 10.0. The minimum absolute atomic E-state index is 0.113. The van der Waals surface area contributed by atoms with Gasteiger partial charge in [0.25, 0.3) is 0 Å². The molecular weight excluding hydrogens is 274 g/mol. The largest absolute Gasteiger partial charge is 0.393 e. The fourth-order valence-corrected chi connectivity index (χ4v) is 3.45. The SMILES string of the molecule is CC[C@@H]1[C@@H](O)C[C@H](n2cnc3cnc(N)nc32)[C@]1(O)CO. The van der Waals surface area contributed by atoms with Gasteiger partial charge in [0.1, 0.15) is 11.1 Å². The number of aliphatic hydroxyl groups is 3. The highest BCUT2D eigenvalue weighted by atomic mass is 16.3. The monoisotopic (exact) mass is 293 g/mol. The van der Waals surface area contributed by atoms with E-state index in [-0.39, 0.29) is 5.95 Å². The van der Waals surface area contributed by atoms with Crippen LogP contribution in [0.3, 0.4) is 0 Å². The molecular formula is C13H19N5O3. The molecule has 0 aromatic carbocycles. The molecule has 0 saturated heterocycles. The number of nitrogen functional groups attached to an aromatic ring is 1. The van der Waals surface area contributed by atoms with E-state index < -0.39 is 30.3 Å². The number of hydrogen-bond donors (Lipinski definition) is 4. The number of anilines is 1. The van der Waals surface area contributed by atoms with Gasteiger partial charge in [-0.05, 0) is 12.8 Å². The van der Waals surface area contributed by atoms with Gasteiger partial charge in [-0.2, -0.15) is 4.98 Å². The van der Waals surface area contributed by atoms with Crippen molar-refractivity contribution in [1.29, 1.82) is 0 Å². The minimum atomic E-state index is -1.42. The van der Waals surface area contributed by atoms with Crippen LogP contribution in [0.4, 0.5) is 5.95 Å². The Hall–Kier alpha value is -1.77. The minimum Gasteiger partial charge on any atom is -0.393 e. The molecule has 114 valence electrons. The zero-order chi connectivity index (χ0) is 15.2. The van der Waals surface area contributed by atoms with Crippen LogP contribution in [-0.2, 0) is 0 Å². The first-order valence-corrected chi connectivity index (χ1v) is 6.97. The normalized spacial score (nSPS) is 32.9. The van der Waals surface area contributed by atoms with Gasteiger partial charge < -0.3 is 25.6 Å². The maximum Gasteiger partial charge on any atom is 0.222 e. The van der Waals surface area contributed by atoms with Crippen LogP contribution in [0.5, 0.6) is 0 Å². The van der Waals surface area contributed by atoms with Gasteiger partial charge in [-0.15, -0.1) is 0 Å². The highest BCUT2D eigenvalue weighted by Gasteiger charge is 2.53. The van der Waals surface area contributed by atoms with Crippen molar-refractivity contribution >= 4 is 17.1 Å². The van der Waals surface area contributed by atoms with Crippen LogP contribution in [0.1, 0.15) is 25.8 Å². The smallest absolute Gasteiger partial charge is 0.222 e. The molecule has 0 amide bonds. The Morgan fingerprint density at radius 3 is 2.90 bits per heavy atom. The summed E-state index contributed by atoms with van der Waals surface area (Å²) >= 11 is 0. The van der Waals surface area contributed by atoms with Crippen molar-refractivity contribution in [1.82, 2.24) is 19.5 Å². The molecule has 0 bridgehead atoms. The fourth-order valence-electron chi connectivity index (χ4n) is 3.45. The van der Waals surface area contributed by atoms with Crippen LogP contribution in [0.15, 0.2) is 12.5 Å². The number of imidazole rings is 1. The summed E-state index contributed by atoms with van der Waals surface area (Å²) in [5, 5.41) is 30.7. The predicted molar refractivity (Wildman–Crippen MR) is 75.2 cm³/mol. The second-order valence-corrected chi connectivity index (χ2v) is 5.57. The van der Waals surface area contributed by atoms with Gasteiger partial charge in [0.05, 0.1) is 31.3 Å². The number of hydrogen-bond acceptors (Lipinski definition) is 7. The number of nitrogens with zero attached hydrogens (tertiary/aromatic N) is 4. The molecule has 2 aromatic heterocycles. The highest BCUT2D eigenvalue weighted by Crippen LogP contribution is 2.46. The van der Waals surface area contributed by atoms with Crippen molar-refractivity contribution in [3.05, 3.63) is 12.5 Å². The van der Waals surface area contributed by atoms with Gasteiger partial charge in [0, 0.05) is 5.92 Å². The van der Waals surface area contributed by atoms with Crippen molar-refractivity contribution in [2.24, 2.45) is 5.92 Å². The van der Waals surface area contributed by atoms with E-state index in [0.717, 1.165) is 0 Å². The lowest BCUT2D eigenvalue weighted by Crippen LogP contribution is -2.45. The Morgan fingerprint density at radius 1 is 1.48 bits per heavy atom. The number of aromatic nitrogens is 4. The van der Waals surface area contributed by atoms with E-state index in [1.54, 1.807) is 4.57 Å². The average Bonchev–Trinajstić information content (AvgIpc) is 2.97. The summed E-state index contributed by atoms with van der Waals surface area (Å²) in [5.41, 5.74) is 5.24. The number of aliphatic hydroxyl groups excluding tert-OH is 2. The van der Waals surface area contributed by atoms with Crippen LogP contribution >= 0.6 is 0 Å². The third-order valence-electron chi connectivity index (χ3n) is 4.51. The lowest BCUT2D eigenvalue weighted by Gasteiger charge is -2.33. The molecule has 0 spiro atoms. The zero-order valence-corrected chi connectivity index (χ0v) is 11.7. The van der Waals surface area contributed by atoms with Crippen molar-refractivity contribution in [2.45, 2.75) is 37.5 Å². The molecule has 2 aromatic rings. The Balaban J connectivity index is 2.11. The highest BCUT2D eigenvalue weighted by molar-refractivity contribution is 5.70. The Morgan fingerprint density at radius 2 is 2.24 bits per heavy atom. The molecule has 0 unspecified atom stereocenters. The summed E-state index contributed by atoms with van der Waals surface area (Å²) < 4.78 is 1.67. The van der Waals surface area contributed by atoms with Crippen LogP contribution in [0.2, 0.25) is 0 Å². The van der Waals surface area contributed by atoms with Gasteiger partial charge in [-0.3, -0.25) is 0 Å². The van der Waals surface area contributed by atoms with E-state index in [0.29, 0.717) is 24.0 Å². The van der Waals surface area contributed by atoms with E-state index in [2.05, 4.69) is 15.0 Å². The summed E-state index contributed by atoms with van der Waals surface area (Å²) in [4.78, 5) is 12.2. The van der Waals surface area contributed by atoms with Gasteiger partial charge in [-0.1, -0.05) is 6.92 Å². The summed E-state index contributed by atoms with van der Waals surface area (Å²) in [5.74, 6) is -0.286. The molecule has 21 heavy (non-hydrogen) atoms. The Kier molecular flexibility index (Phi) is 3.31. The number of nitrogens with two attached hydrogens (primary N) is 1. The van der Waals surface area contributed by atoms with E-state index in [1.165, 1.54) is 12.5 Å². The lowest BCUT2D eigenvalue weighted by molar-refractivity contribution is -0.0853. The first kappa shape index (κ1) is 14.2. The maximum atomic E-state index is 10.9. The van der Waals surface area contributed by atoms with E-state index >= 15 is 0 Å². The van der Waals surface area contributed by atoms with Gasteiger partial charge in [0.15, 0.2) is 5.65 Å². The second-order valence-electron chi connectivity index (χ2n) is 5.57. The van der Waals surface area contributed by atoms with Gasteiger partial charge >= 0.3 is 0 Å². The summed E-state index contributed by atoms with van der Waals surface area (Å²) in [6.07, 6.45) is 3.25.